The normalized spacial score (nSPS) is 18.6. The first-order valence-corrected chi connectivity index (χ1v) is 7.37. The van der Waals surface area contributed by atoms with Gasteiger partial charge in [0, 0.05) is 26.3 Å². The van der Waals surface area contributed by atoms with E-state index >= 15 is 0 Å². The molecular weight excluding hydrogens is 285 g/mol. The van der Waals surface area contributed by atoms with E-state index in [1.807, 2.05) is 6.92 Å². The monoisotopic (exact) mass is 303 g/mol. The molecule has 1 fully saturated rings. The number of nitrogens with one attached hydrogen (secondary N) is 2. The van der Waals surface area contributed by atoms with Crippen LogP contribution < -0.4 is 10.6 Å². The molecule has 1 unspecified atom stereocenters. The summed E-state index contributed by atoms with van der Waals surface area (Å²) >= 11 is 12.2. The summed E-state index contributed by atoms with van der Waals surface area (Å²) < 4.78 is 5.35. The Labute approximate surface area is 123 Å². The van der Waals surface area contributed by atoms with Crippen LogP contribution in [0.5, 0.6) is 0 Å². The molecule has 4 nitrogen and oxygen atoms in total. The molecule has 0 radical (unpaired) electrons. The second-order valence-corrected chi connectivity index (χ2v) is 5.44. The number of hydrogen-bond donors (Lipinski definition) is 2. The summed E-state index contributed by atoms with van der Waals surface area (Å²) in [6, 6.07) is 1.72. The molecule has 19 heavy (non-hydrogen) atoms. The van der Waals surface area contributed by atoms with Gasteiger partial charge in [0.1, 0.15) is 11.6 Å². The highest BCUT2D eigenvalue weighted by Crippen LogP contribution is 2.29. The standard InChI is InChI=1S/C13H19Cl2N3O/c1-2-16-12-10(14)7-11(15)13(18-12)17-5-3-9-4-6-19-8-9/h7,9H,2-6,8H2,1H3,(H2,16,17,18). The van der Waals surface area contributed by atoms with E-state index in [0.29, 0.717) is 27.6 Å². The Balaban J connectivity index is 1.92. The van der Waals surface area contributed by atoms with Gasteiger partial charge in [0.25, 0.3) is 0 Å². The number of anilines is 2. The van der Waals surface area contributed by atoms with Crippen LogP contribution in [-0.4, -0.2) is 31.3 Å². The molecule has 0 spiro atoms. The van der Waals surface area contributed by atoms with E-state index in [4.69, 9.17) is 27.9 Å². The number of rotatable bonds is 6. The van der Waals surface area contributed by atoms with E-state index in [-0.39, 0.29) is 0 Å². The predicted octanol–water partition coefficient (Wildman–Crippen LogP) is 3.66. The zero-order valence-electron chi connectivity index (χ0n) is 11.0. The maximum Gasteiger partial charge on any atom is 0.147 e. The Morgan fingerprint density at radius 3 is 2.68 bits per heavy atom. The third-order valence-corrected chi connectivity index (χ3v) is 3.72. The molecule has 1 aromatic rings. The van der Waals surface area contributed by atoms with Crippen molar-refractivity contribution in [3.63, 3.8) is 0 Å². The van der Waals surface area contributed by atoms with Crippen molar-refractivity contribution < 1.29 is 4.74 Å². The summed E-state index contributed by atoms with van der Waals surface area (Å²) in [5.41, 5.74) is 0. The quantitative estimate of drug-likeness (QED) is 0.842. The number of halogens is 2. The van der Waals surface area contributed by atoms with Crippen LogP contribution in [0.1, 0.15) is 19.8 Å². The number of hydrogen-bond acceptors (Lipinski definition) is 4. The molecule has 2 heterocycles. The Hall–Kier alpha value is -0.710. The molecule has 1 aromatic heterocycles. The molecule has 6 heteroatoms. The van der Waals surface area contributed by atoms with E-state index in [1.165, 1.54) is 0 Å². The van der Waals surface area contributed by atoms with E-state index in [2.05, 4.69) is 15.6 Å². The zero-order chi connectivity index (χ0) is 13.7. The highest BCUT2D eigenvalue weighted by Gasteiger charge is 2.15. The summed E-state index contributed by atoms with van der Waals surface area (Å²) in [6.07, 6.45) is 2.21. The van der Waals surface area contributed by atoms with Crippen molar-refractivity contribution in [1.29, 1.82) is 0 Å². The topological polar surface area (TPSA) is 46.2 Å². The summed E-state index contributed by atoms with van der Waals surface area (Å²) in [5, 5.41) is 7.48. The number of aromatic nitrogens is 1. The highest BCUT2D eigenvalue weighted by atomic mass is 35.5. The first-order chi connectivity index (χ1) is 9.20. The summed E-state index contributed by atoms with van der Waals surface area (Å²) in [7, 11) is 0. The second kappa shape index (κ2) is 7.17. The first kappa shape index (κ1) is 14.7. The smallest absolute Gasteiger partial charge is 0.147 e. The minimum Gasteiger partial charge on any atom is -0.381 e. The van der Waals surface area contributed by atoms with Gasteiger partial charge in [-0.1, -0.05) is 23.2 Å². The second-order valence-electron chi connectivity index (χ2n) is 4.62. The van der Waals surface area contributed by atoms with E-state index in [0.717, 1.165) is 39.1 Å². The van der Waals surface area contributed by atoms with Crippen molar-refractivity contribution in [2.75, 3.05) is 36.9 Å². The van der Waals surface area contributed by atoms with Crippen LogP contribution in [0.25, 0.3) is 0 Å². The molecule has 0 aliphatic carbocycles. The minimum atomic E-state index is 0.543. The maximum atomic E-state index is 6.14. The van der Waals surface area contributed by atoms with Crippen LogP contribution in [0.4, 0.5) is 11.6 Å². The molecule has 1 atom stereocenters. The minimum absolute atomic E-state index is 0.543. The fourth-order valence-electron chi connectivity index (χ4n) is 2.09. The average molecular weight is 304 g/mol. The Morgan fingerprint density at radius 1 is 1.32 bits per heavy atom. The third kappa shape index (κ3) is 4.13. The van der Waals surface area contributed by atoms with E-state index in [9.17, 15) is 0 Å². The molecule has 0 amide bonds. The molecule has 0 saturated carbocycles. The summed E-state index contributed by atoms with van der Waals surface area (Å²) in [4.78, 5) is 4.41. The highest BCUT2D eigenvalue weighted by molar-refractivity contribution is 6.37. The molecule has 0 bridgehead atoms. The summed E-state index contributed by atoms with van der Waals surface area (Å²) in [5.74, 6) is 1.99. The van der Waals surface area contributed by atoms with Crippen LogP contribution in [0.15, 0.2) is 6.07 Å². The zero-order valence-corrected chi connectivity index (χ0v) is 12.5. The lowest BCUT2D eigenvalue weighted by atomic mass is 10.1. The molecule has 1 saturated heterocycles. The molecule has 0 aromatic carbocycles. The lowest BCUT2D eigenvalue weighted by molar-refractivity contribution is 0.185. The average Bonchev–Trinajstić information content (AvgIpc) is 2.88. The Bertz CT molecular complexity index is 423. The fourth-order valence-corrected chi connectivity index (χ4v) is 2.58. The Morgan fingerprint density at radius 2 is 2.05 bits per heavy atom. The van der Waals surface area contributed by atoms with Gasteiger partial charge >= 0.3 is 0 Å². The van der Waals surface area contributed by atoms with Gasteiger partial charge in [-0.15, -0.1) is 0 Å². The van der Waals surface area contributed by atoms with Crippen LogP contribution in [0, 0.1) is 5.92 Å². The third-order valence-electron chi connectivity index (χ3n) is 3.14. The largest absolute Gasteiger partial charge is 0.381 e. The van der Waals surface area contributed by atoms with Crippen molar-refractivity contribution in [3.05, 3.63) is 16.1 Å². The van der Waals surface area contributed by atoms with Crippen molar-refractivity contribution in [2.45, 2.75) is 19.8 Å². The first-order valence-electron chi connectivity index (χ1n) is 6.62. The lowest BCUT2D eigenvalue weighted by Gasteiger charge is -2.13. The summed E-state index contributed by atoms with van der Waals surface area (Å²) in [6.45, 7) is 5.36. The van der Waals surface area contributed by atoms with Crippen molar-refractivity contribution in [1.82, 2.24) is 4.98 Å². The van der Waals surface area contributed by atoms with Gasteiger partial charge in [0.05, 0.1) is 10.0 Å². The number of nitrogens with zero attached hydrogens (tertiary/aromatic N) is 1. The molecule has 1 aliphatic rings. The molecule has 2 N–H and O–H groups in total. The van der Waals surface area contributed by atoms with Crippen molar-refractivity contribution in [3.8, 4) is 0 Å². The van der Waals surface area contributed by atoms with Crippen molar-refractivity contribution >= 4 is 34.8 Å². The van der Waals surface area contributed by atoms with Crippen LogP contribution >= 0.6 is 23.2 Å². The maximum absolute atomic E-state index is 6.14. The van der Waals surface area contributed by atoms with E-state index < -0.39 is 0 Å². The van der Waals surface area contributed by atoms with Gasteiger partial charge in [-0.25, -0.2) is 4.98 Å². The predicted molar refractivity (Wildman–Crippen MR) is 80.5 cm³/mol. The molecule has 1 aliphatic heterocycles. The van der Waals surface area contributed by atoms with E-state index in [1.54, 1.807) is 6.07 Å². The van der Waals surface area contributed by atoms with Gasteiger partial charge < -0.3 is 15.4 Å². The van der Waals surface area contributed by atoms with Gasteiger partial charge in [-0.3, -0.25) is 0 Å². The van der Waals surface area contributed by atoms with Crippen LogP contribution in [0.3, 0.4) is 0 Å². The SMILES string of the molecule is CCNc1nc(NCCC2CCOC2)c(Cl)cc1Cl. The number of ether oxygens (including phenoxy) is 1. The van der Waals surface area contributed by atoms with Crippen LogP contribution in [-0.2, 0) is 4.74 Å². The van der Waals surface area contributed by atoms with Gasteiger partial charge in [-0.05, 0) is 31.7 Å². The molecule has 2 rings (SSSR count). The fraction of sp³-hybridized carbons (Fsp3) is 0.615. The van der Waals surface area contributed by atoms with Gasteiger partial charge in [-0.2, -0.15) is 0 Å². The van der Waals surface area contributed by atoms with Crippen LogP contribution in [0.2, 0.25) is 10.0 Å². The van der Waals surface area contributed by atoms with Gasteiger partial charge in [0.2, 0.25) is 0 Å². The molecular formula is C13H19Cl2N3O. The number of pyridine rings is 1. The Kier molecular flexibility index (Phi) is 5.55. The van der Waals surface area contributed by atoms with Crippen molar-refractivity contribution in [2.24, 2.45) is 5.92 Å². The molecule has 106 valence electrons. The van der Waals surface area contributed by atoms with Gasteiger partial charge in [0.15, 0.2) is 0 Å². The lowest BCUT2D eigenvalue weighted by Crippen LogP contribution is -2.11.